The fraction of sp³-hybridized carbons (Fsp3) is 0.300. The molecule has 0 aliphatic rings. The highest BCUT2D eigenvalue weighted by molar-refractivity contribution is 5.43. The van der Waals surface area contributed by atoms with Gasteiger partial charge in [-0.2, -0.15) is 18.4 Å². The van der Waals surface area contributed by atoms with E-state index in [1.165, 1.54) is 13.2 Å². The van der Waals surface area contributed by atoms with Crippen molar-refractivity contribution in [3.8, 4) is 11.8 Å². The average Bonchev–Trinajstić information content (AvgIpc) is 2.25. The standard InChI is InChI=1S/C10H8F3NO2/c1-15-6-16-9-3-2-7(5-14)4-8(9)10(11,12)13/h2-4H,6H2,1H3. The van der Waals surface area contributed by atoms with Crippen molar-refractivity contribution in [1.29, 1.82) is 5.26 Å². The van der Waals surface area contributed by atoms with Gasteiger partial charge in [-0.1, -0.05) is 0 Å². The summed E-state index contributed by atoms with van der Waals surface area (Å²) >= 11 is 0. The molecule has 1 aromatic rings. The molecule has 16 heavy (non-hydrogen) atoms. The van der Waals surface area contributed by atoms with Crippen LogP contribution in [-0.4, -0.2) is 13.9 Å². The highest BCUT2D eigenvalue weighted by atomic mass is 19.4. The fourth-order valence-electron chi connectivity index (χ4n) is 1.07. The number of methoxy groups -OCH3 is 1. The molecule has 0 heterocycles. The Bertz CT molecular complexity index is 410. The largest absolute Gasteiger partial charge is 0.467 e. The van der Waals surface area contributed by atoms with Gasteiger partial charge < -0.3 is 9.47 Å². The molecule has 3 nitrogen and oxygen atoms in total. The van der Waals surface area contributed by atoms with E-state index in [4.69, 9.17) is 10.00 Å². The molecule has 0 bridgehead atoms. The van der Waals surface area contributed by atoms with Crippen molar-refractivity contribution in [2.75, 3.05) is 13.9 Å². The quantitative estimate of drug-likeness (QED) is 0.751. The van der Waals surface area contributed by atoms with E-state index >= 15 is 0 Å². The Labute approximate surface area is 90.0 Å². The van der Waals surface area contributed by atoms with Gasteiger partial charge in [-0.05, 0) is 18.2 Å². The minimum absolute atomic E-state index is 0.0721. The lowest BCUT2D eigenvalue weighted by atomic mass is 10.1. The first kappa shape index (κ1) is 12.3. The van der Waals surface area contributed by atoms with Gasteiger partial charge in [0.05, 0.1) is 17.2 Å². The number of nitrogens with zero attached hydrogens (tertiary/aromatic N) is 1. The van der Waals surface area contributed by atoms with Gasteiger partial charge in [-0.15, -0.1) is 0 Å². The van der Waals surface area contributed by atoms with Crippen molar-refractivity contribution in [2.24, 2.45) is 0 Å². The SMILES string of the molecule is COCOc1ccc(C#N)cc1C(F)(F)F. The zero-order valence-corrected chi connectivity index (χ0v) is 8.34. The van der Waals surface area contributed by atoms with E-state index in [1.54, 1.807) is 6.07 Å². The third-order valence-electron chi connectivity index (χ3n) is 1.75. The lowest BCUT2D eigenvalue weighted by Crippen LogP contribution is -2.10. The van der Waals surface area contributed by atoms with Gasteiger partial charge in [-0.3, -0.25) is 0 Å². The zero-order valence-electron chi connectivity index (χ0n) is 8.34. The Morgan fingerprint density at radius 2 is 2.06 bits per heavy atom. The molecule has 1 aromatic carbocycles. The van der Waals surface area contributed by atoms with E-state index in [-0.39, 0.29) is 18.1 Å². The highest BCUT2D eigenvalue weighted by Gasteiger charge is 2.34. The zero-order chi connectivity index (χ0) is 12.2. The predicted octanol–water partition coefficient (Wildman–Crippen LogP) is 2.56. The lowest BCUT2D eigenvalue weighted by molar-refractivity contribution is -0.139. The number of alkyl halides is 3. The lowest BCUT2D eigenvalue weighted by Gasteiger charge is -2.13. The Kier molecular flexibility index (Phi) is 3.74. The van der Waals surface area contributed by atoms with E-state index in [0.717, 1.165) is 12.1 Å². The van der Waals surface area contributed by atoms with Crippen LogP contribution >= 0.6 is 0 Å². The second-order valence-electron chi connectivity index (χ2n) is 2.87. The molecular weight excluding hydrogens is 223 g/mol. The van der Waals surface area contributed by atoms with Gasteiger partial charge >= 0.3 is 6.18 Å². The molecule has 0 aliphatic heterocycles. The molecular formula is C10H8F3NO2. The summed E-state index contributed by atoms with van der Waals surface area (Å²) in [5.41, 5.74) is -1.05. The monoisotopic (exact) mass is 231 g/mol. The molecule has 0 saturated heterocycles. The molecule has 0 fully saturated rings. The predicted molar refractivity (Wildman–Crippen MR) is 48.7 cm³/mol. The van der Waals surface area contributed by atoms with Gasteiger partial charge in [-0.25, -0.2) is 0 Å². The number of hydrogen-bond donors (Lipinski definition) is 0. The van der Waals surface area contributed by atoms with Crippen LogP contribution in [0, 0.1) is 11.3 Å². The smallest absolute Gasteiger partial charge is 0.420 e. The van der Waals surface area contributed by atoms with Crippen LogP contribution in [-0.2, 0) is 10.9 Å². The van der Waals surface area contributed by atoms with E-state index in [2.05, 4.69) is 4.74 Å². The number of benzene rings is 1. The molecule has 0 aromatic heterocycles. The number of nitriles is 1. The highest BCUT2D eigenvalue weighted by Crippen LogP contribution is 2.36. The van der Waals surface area contributed by atoms with Gasteiger partial charge in [0.2, 0.25) is 0 Å². The summed E-state index contributed by atoms with van der Waals surface area (Å²) in [4.78, 5) is 0. The summed E-state index contributed by atoms with van der Waals surface area (Å²) in [5, 5.41) is 8.51. The summed E-state index contributed by atoms with van der Waals surface area (Å²) in [6, 6.07) is 4.72. The van der Waals surface area contributed by atoms with Crippen LogP contribution in [0.5, 0.6) is 5.75 Å². The molecule has 86 valence electrons. The molecule has 0 amide bonds. The van der Waals surface area contributed by atoms with Crippen LogP contribution in [0.3, 0.4) is 0 Å². The van der Waals surface area contributed by atoms with E-state index in [1.807, 2.05) is 0 Å². The maximum Gasteiger partial charge on any atom is 0.420 e. The van der Waals surface area contributed by atoms with E-state index in [0.29, 0.717) is 0 Å². The fourth-order valence-corrected chi connectivity index (χ4v) is 1.07. The topological polar surface area (TPSA) is 42.2 Å². The van der Waals surface area contributed by atoms with Crippen LogP contribution in [0.2, 0.25) is 0 Å². The van der Waals surface area contributed by atoms with Crippen LogP contribution in [0.15, 0.2) is 18.2 Å². The Balaban J connectivity index is 3.13. The first-order valence-electron chi connectivity index (χ1n) is 4.22. The summed E-state index contributed by atoms with van der Waals surface area (Å²) in [5.74, 6) is -0.353. The molecule has 6 heteroatoms. The summed E-state index contributed by atoms with van der Waals surface area (Å²) in [6.07, 6.45) is -4.56. The number of ether oxygens (including phenoxy) is 2. The Morgan fingerprint density at radius 1 is 1.38 bits per heavy atom. The number of hydrogen-bond acceptors (Lipinski definition) is 3. The average molecular weight is 231 g/mol. The molecule has 0 radical (unpaired) electrons. The first-order valence-corrected chi connectivity index (χ1v) is 4.22. The minimum atomic E-state index is -4.56. The summed E-state index contributed by atoms with van der Waals surface area (Å²) in [7, 11) is 1.30. The number of rotatable bonds is 3. The van der Waals surface area contributed by atoms with Crippen LogP contribution in [0.4, 0.5) is 13.2 Å². The van der Waals surface area contributed by atoms with Gasteiger partial charge in [0.15, 0.2) is 6.79 Å². The van der Waals surface area contributed by atoms with Gasteiger partial charge in [0.25, 0.3) is 0 Å². The van der Waals surface area contributed by atoms with Gasteiger partial charge in [0.1, 0.15) is 5.75 Å². The Morgan fingerprint density at radius 3 is 2.56 bits per heavy atom. The molecule has 1 rings (SSSR count). The molecule has 0 aliphatic carbocycles. The van der Waals surface area contributed by atoms with Crippen molar-refractivity contribution in [2.45, 2.75) is 6.18 Å². The van der Waals surface area contributed by atoms with E-state index < -0.39 is 11.7 Å². The molecule has 0 saturated carbocycles. The van der Waals surface area contributed by atoms with Crippen molar-refractivity contribution in [3.05, 3.63) is 29.3 Å². The molecule has 0 atom stereocenters. The normalized spacial score (nSPS) is 10.9. The minimum Gasteiger partial charge on any atom is -0.467 e. The third-order valence-corrected chi connectivity index (χ3v) is 1.75. The first-order chi connectivity index (χ1) is 7.49. The Hall–Kier alpha value is -1.74. The molecule has 0 spiro atoms. The molecule has 0 unspecified atom stereocenters. The van der Waals surface area contributed by atoms with Gasteiger partial charge in [0, 0.05) is 7.11 Å². The van der Waals surface area contributed by atoms with Crippen LogP contribution in [0.1, 0.15) is 11.1 Å². The molecule has 0 N–H and O–H groups in total. The van der Waals surface area contributed by atoms with Crippen molar-refractivity contribution >= 4 is 0 Å². The second kappa shape index (κ2) is 4.86. The summed E-state index contributed by atoms with van der Waals surface area (Å²) < 4.78 is 47.0. The van der Waals surface area contributed by atoms with Crippen LogP contribution < -0.4 is 4.74 Å². The van der Waals surface area contributed by atoms with Crippen LogP contribution in [0.25, 0.3) is 0 Å². The second-order valence-corrected chi connectivity index (χ2v) is 2.87. The van der Waals surface area contributed by atoms with Crippen molar-refractivity contribution < 1.29 is 22.6 Å². The maximum atomic E-state index is 12.6. The third kappa shape index (κ3) is 2.87. The summed E-state index contributed by atoms with van der Waals surface area (Å²) in [6.45, 7) is -0.283. The number of halogens is 3. The van der Waals surface area contributed by atoms with Crippen molar-refractivity contribution in [1.82, 2.24) is 0 Å². The van der Waals surface area contributed by atoms with E-state index in [9.17, 15) is 13.2 Å². The van der Waals surface area contributed by atoms with Crippen molar-refractivity contribution in [3.63, 3.8) is 0 Å². The maximum absolute atomic E-state index is 12.6.